The molecule has 1 amide bonds. The van der Waals surface area contributed by atoms with E-state index in [2.05, 4.69) is 0 Å². The van der Waals surface area contributed by atoms with Gasteiger partial charge in [0, 0.05) is 7.05 Å². The van der Waals surface area contributed by atoms with Crippen LogP contribution in [0.25, 0.3) is 0 Å². The van der Waals surface area contributed by atoms with Crippen LogP contribution < -0.4 is 11.6 Å². The molecule has 0 aliphatic rings. The molecular formula is C11H16F3N3O. The van der Waals surface area contributed by atoms with E-state index in [1.807, 2.05) is 13.8 Å². The summed E-state index contributed by atoms with van der Waals surface area (Å²) in [7, 11) is 1.22. The summed E-state index contributed by atoms with van der Waals surface area (Å²) in [6.07, 6.45) is -4.59. The third-order valence-corrected chi connectivity index (χ3v) is 1.96. The minimum atomic E-state index is -4.59. The van der Waals surface area contributed by atoms with Gasteiger partial charge in [-0.1, -0.05) is 19.9 Å². The normalized spacial score (nSPS) is 10.4. The number of hydrogen-bond acceptors (Lipinski definition) is 3. The lowest BCUT2D eigenvalue weighted by molar-refractivity contribution is -0.136. The van der Waals surface area contributed by atoms with Crippen molar-refractivity contribution in [3.05, 3.63) is 29.3 Å². The molecule has 0 fully saturated rings. The number of carbonyl (C=O) groups is 1. The lowest BCUT2D eigenvalue weighted by Crippen LogP contribution is -2.34. The third kappa shape index (κ3) is 3.63. The summed E-state index contributed by atoms with van der Waals surface area (Å²) in [6.45, 7) is 4.00. The van der Waals surface area contributed by atoms with Crippen LogP contribution in [0.2, 0.25) is 0 Å². The maximum Gasteiger partial charge on any atom is 0.418 e. The van der Waals surface area contributed by atoms with Crippen LogP contribution in [-0.4, -0.2) is 18.0 Å². The predicted molar refractivity (Wildman–Crippen MR) is 63.5 cm³/mol. The monoisotopic (exact) mass is 263 g/mol. The van der Waals surface area contributed by atoms with E-state index < -0.39 is 23.3 Å². The van der Waals surface area contributed by atoms with Crippen molar-refractivity contribution in [1.82, 2.24) is 5.01 Å². The van der Waals surface area contributed by atoms with Gasteiger partial charge < -0.3 is 5.73 Å². The number of nitrogens with two attached hydrogens (primary N) is 2. The molecule has 0 aromatic heterocycles. The minimum absolute atomic E-state index is 0.264. The van der Waals surface area contributed by atoms with E-state index in [4.69, 9.17) is 11.6 Å². The van der Waals surface area contributed by atoms with Crippen LogP contribution in [0.5, 0.6) is 0 Å². The molecule has 0 heterocycles. The molecule has 1 rings (SSSR count). The molecular weight excluding hydrogens is 247 g/mol. The van der Waals surface area contributed by atoms with Gasteiger partial charge in [0.25, 0.3) is 5.91 Å². The fourth-order valence-electron chi connectivity index (χ4n) is 1.19. The fourth-order valence-corrected chi connectivity index (χ4v) is 1.19. The van der Waals surface area contributed by atoms with Gasteiger partial charge in [-0.2, -0.15) is 13.2 Å². The highest BCUT2D eigenvalue weighted by Gasteiger charge is 2.34. The van der Waals surface area contributed by atoms with E-state index in [9.17, 15) is 18.0 Å². The molecule has 0 radical (unpaired) electrons. The van der Waals surface area contributed by atoms with Gasteiger partial charge >= 0.3 is 6.18 Å². The Morgan fingerprint density at radius 3 is 2.17 bits per heavy atom. The van der Waals surface area contributed by atoms with Gasteiger partial charge in [-0.15, -0.1) is 0 Å². The first-order valence-corrected chi connectivity index (χ1v) is 5.23. The molecule has 0 saturated carbocycles. The van der Waals surface area contributed by atoms with Crippen LogP contribution in [-0.2, 0) is 6.18 Å². The zero-order valence-corrected chi connectivity index (χ0v) is 10.4. The molecule has 102 valence electrons. The molecule has 7 heteroatoms. The van der Waals surface area contributed by atoms with Crippen LogP contribution >= 0.6 is 0 Å². The maximum atomic E-state index is 12.5. The zero-order valence-electron chi connectivity index (χ0n) is 10.4. The number of hydrogen-bond donors (Lipinski definition) is 2. The molecule has 0 bridgehead atoms. The Bertz CT molecular complexity index is 416. The Morgan fingerprint density at radius 1 is 1.28 bits per heavy atom. The van der Waals surface area contributed by atoms with Crippen molar-refractivity contribution in [2.75, 3.05) is 12.8 Å². The number of hydrazine groups is 1. The third-order valence-electron chi connectivity index (χ3n) is 1.96. The highest BCUT2D eigenvalue weighted by molar-refractivity contribution is 5.99. The Labute approximate surface area is 103 Å². The van der Waals surface area contributed by atoms with Crippen molar-refractivity contribution in [1.29, 1.82) is 0 Å². The Hall–Kier alpha value is -1.76. The lowest BCUT2D eigenvalue weighted by atomic mass is 10.1. The van der Waals surface area contributed by atoms with E-state index in [0.29, 0.717) is 5.01 Å². The van der Waals surface area contributed by atoms with Gasteiger partial charge in [-0.3, -0.25) is 9.80 Å². The number of rotatable bonds is 1. The summed E-state index contributed by atoms with van der Waals surface area (Å²) in [5.74, 6) is 4.37. The number of amides is 1. The molecule has 0 saturated heterocycles. The first-order valence-electron chi connectivity index (χ1n) is 5.23. The van der Waals surface area contributed by atoms with Crippen LogP contribution in [0.1, 0.15) is 29.8 Å². The van der Waals surface area contributed by atoms with E-state index in [-0.39, 0.29) is 5.56 Å². The molecule has 1 aromatic rings. The van der Waals surface area contributed by atoms with Gasteiger partial charge in [0.1, 0.15) is 0 Å². The lowest BCUT2D eigenvalue weighted by Gasteiger charge is -2.15. The number of alkyl halides is 3. The van der Waals surface area contributed by atoms with Crippen LogP contribution in [0.4, 0.5) is 18.9 Å². The SMILES string of the molecule is CC.CN(N)C(=O)c1cccc(C(F)(F)F)c1N. The van der Waals surface area contributed by atoms with Crippen LogP contribution in [0, 0.1) is 0 Å². The van der Waals surface area contributed by atoms with Gasteiger partial charge in [-0.25, -0.2) is 5.84 Å². The first kappa shape index (κ1) is 16.2. The molecule has 1 aromatic carbocycles. The van der Waals surface area contributed by atoms with Crippen molar-refractivity contribution < 1.29 is 18.0 Å². The molecule has 0 atom stereocenters. The second kappa shape index (κ2) is 6.25. The zero-order chi connectivity index (χ0) is 14.5. The molecule has 0 aliphatic carbocycles. The molecule has 4 N–H and O–H groups in total. The quantitative estimate of drug-likeness (QED) is 0.353. The number of halogens is 3. The van der Waals surface area contributed by atoms with Crippen molar-refractivity contribution in [2.45, 2.75) is 20.0 Å². The largest absolute Gasteiger partial charge is 0.418 e. The standard InChI is InChI=1S/C9H10F3N3O.C2H6/c1-15(14)8(16)5-3-2-4-6(7(5)13)9(10,11)12;1-2/h2-4H,13-14H2,1H3;1-2H3. The smallest absolute Gasteiger partial charge is 0.398 e. The van der Waals surface area contributed by atoms with Crippen molar-refractivity contribution in [3.8, 4) is 0 Å². The number of anilines is 1. The molecule has 4 nitrogen and oxygen atoms in total. The first-order chi connectivity index (χ1) is 8.25. The average molecular weight is 263 g/mol. The van der Waals surface area contributed by atoms with Gasteiger partial charge in [0.15, 0.2) is 0 Å². The highest BCUT2D eigenvalue weighted by Crippen LogP contribution is 2.34. The summed E-state index contributed by atoms with van der Waals surface area (Å²) in [4.78, 5) is 11.4. The molecule has 0 unspecified atom stereocenters. The van der Waals surface area contributed by atoms with E-state index >= 15 is 0 Å². The molecule has 18 heavy (non-hydrogen) atoms. The number of carbonyl (C=O) groups excluding carboxylic acids is 1. The second-order valence-corrected chi connectivity index (χ2v) is 3.18. The van der Waals surface area contributed by atoms with Gasteiger partial charge in [0.05, 0.1) is 16.8 Å². The molecule has 0 aliphatic heterocycles. The number of nitrogen functional groups attached to an aromatic ring is 1. The summed E-state index contributed by atoms with van der Waals surface area (Å²) >= 11 is 0. The van der Waals surface area contributed by atoms with Crippen molar-refractivity contribution in [3.63, 3.8) is 0 Å². The molecule has 0 spiro atoms. The Balaban J connectivity index is 0.00000137. The van der Waals surface area contributed by atoms with Gasteiger partial charge in [0.2, 0.25) is 0 Å². The number of para-hydroxylation sites is 1. The fraction of sp³-hybridized carbons (Fsp3) is 0.364. The van der Waals surface area contributed by atoms with Gasteiger partial charge in [-0.05, 0) is 12.1 Å². The number of nitrogens with zero attached hydrogens (tertiary/aromatic N) is 1. The van der Waals surface area contributed by atoms with Crippen molar-refractivity contribution in [2.24, 2.45) is 5.84 Å². The summed E-state index contributed by atoms with van der Waals surface area (Å²) in [6, 6.07) is 3.11. The van der Waals surface area contributed by atoms with Crippen LogP contribution in [0.15, 0.2) is 18.2 Å². The highest BCUT2D eigenvalue weighted by atomic mass is 19.4. The van der Waals surface area contributed by atoms with Crippen molar-refractivity contribution >= 4 is 11.6 Å². The van der Waals surface area contributed by atoms with E-state index in [1.165, 1.54) is 13.1 Å². The summed E-state index contributed by atoms with van der Waals surface area (Å²) < 4.78 is 37.4. The summed E-state index contributed by atoms with van der Waals surface area (Å²) in [5.41, 5.74) is 3.37. The predicted octanol–water partition coefficient (Wildman–Crippen LogP) is 2.26. The maximum absolute atomic E-state index is 12.5. The second-order valence-electron chi connectivity index (χ2n) is 3.18. The van der Waals surface area contributed by atoms with E-state index in [1.54, 1.807) is 0 Å². The topological polar surface area (TPSA) is 72.3 Å². The van der Waals surface area contributed by atoms with E-state index in [0.717, 1.165) is 12.1 Å². The minimum Gasteiger partial charge on any atom is -0.398 e. The Morgan fingerprint density at radius 2 is 1.78 bits per heavy atom. The van der Waals surface area contributed by atoms with Crippen LogP contribution in [0.3, 0.4) is 0 Å². The Kier molecular flexibility index (Phi) is 5.64. The average Bonchev–Trinajstić information content (AvgIpc) is 2.29. The number of benzene rings is 1. The summed E-state index contributed by atoms with van der Waals surface area (Å²) in [5, 5.41) is 0.672.